The molecule has 1 N–H and O–H groups in total. The van der Waals surface area contributed by atoms with Crippen LogP contribution in [0.3, 0.4) is 0 Å². The predicted octanol–water partition coefficient (Wildman–Crippen LogP) is 1.06. The van der Waals surface area contributed by atoms with E-state index in [0.717, 1.165) is 0 Å². The van der Waals surface area contributed by atoms with Crippen LogP contribution < -0.4 is 0 Å². The van der Waals surface area contributed by atoms with Crippen LogP contribution >= 0.6 is 0 Å². The van der Waals surface area contributed by atoms with Crippen molar-refractivity contribution in [1.82, 2.24) is 0 Å². The van der Waals surface area contributed by atoms with Gasteiger partial charge in [-0.15, -0.1) is 6.58 Å². The zero-order valence-corrected chi connectivity index (χ0v) is 10.4. The molecule has 0 saturated carbocycles. The summed E-state index contributed by atoms with van der Waals surface area (Å²) in [5.74, 6) is -1.35. The van der Waals surface area contributed by atoms with Gasteiger partial charge in [0.25, 0.3) is 0 Å². The molecule has 0 saturated heterocycles. The molecule has 0 aromatic carbocycles. The van der Waals surface area contributed by atoms with E-state index < -0.39 is 17.4 Å². The summed E-state index contributed by atoms with van der Waals surface area (Å²) in [5, 5.41) is 9.01. The van der Waals surface area contributed by atoms with E-state index >= 15 is 0 Å². The van der Waals surface area contributed by atoms with Crippen LogP contribution in [0.5, 0.6) is 0 Å². The highest BCUT2D eigenvalue weighted by molar-refractivity contribution is 6.00. The molecule has 0 rings (SSSR count). The standard InChI is InChI=1S/C12H20O5/c1-4-7-12(8-9-13,10(14)16-5-2)11(15)17-6-3/h4,13H,1,5-9H2,2-3H3. The fourth-order valence-corrected chi connectivity index (χ4v) is 1.53. The SMILES string of the molecule is C=CCC(CCO)(C(=O)OCC)C(=O)OCC. The summed E-state index contributed by atoms with van der Waals surface area (Å²) in [5.41, 5.74) is -1.47. The molecular weight excluding hydrogens is 224 g/mol. The number of carbonyl (C=O) groups excluding carboxylic acids is 2. The van der Waals surface area contributed by atoms with Gasteiger partial charge in [-0.05, 0) is 26.7 Å². The van der Waals surface area contributed by atoms with E-state index in [1.54, 1.807) is 13.8 Å². The molecule has 0 amide bonds. The zero-order chi connectivity index (χ0) is 13.3. The van der Waals surface area contributed by atoms with Crippen molar-refractivity contribution in [2.75, 3.05) is 19.8 Å². The maximum absolute atomic E-state index is 11.9. The van der Waals surface area contributed by atoms with Gasteiger partial charge in [0, 0.05) is 6.61 Å². The van der Waals surface area contributed by atoms with Crippen LogP contribution in [-0.4, -0.2) is 36.9 Å². The molecule has 98 valence electrons. The summed E-state index contributed by atoms with van der Waals surface area (Å²) >= 11 is 0. The van der Waals surface area contributed by atoms with Crippen LogP contribution in [-0.2, 0) is 19.1 Å². The zero-order valence-electron chi connectivity index (χ0n) is 10.4. The molecule has 0 bridgehead atoms. The van der Waals surface area contributed by atoms with E-state index in [-0.39, 0.29) is 32.7 Å². The van der Waals surface area contributed by atoms with Crippen LogP contribution in [0, 0.1) is 5.41 Å². The number of aliphatic hydroxyl groups is 1. The average Bonchev–Trinajstić information content (AvgIpc) is 2.29. The van der Waals surface area contributed by atoms with Gasteiger partial charge in [0.05, 0.1) is 13.2 Å². The van der Waals surface area contributed by atoms with Gasteiger partial charge in [0.2, 0.25) is 0 Å². The Balaban J connectivity index is 5.16. The Hall–Kier alpha value is -1.36. The first kappa shape index (κ1) is 15.6. The highest BCUT2D eigenvalue weighted by Gasteiger charge is 2.47. The summed E-state index contributed by atoms with van der Waals surface area (Å²) in [6.07, 6.45) is 1.51. The number of hydrogen-bond donors (Lipinski definition) is 1. The molecule has 0 aliphatic carbocycles. The molecular formula is C12H20O5. The molecule has 0 spiro atoms. The number of aliphatic hydroxyl groups excluding tert-OH is 1. The first-order valence-electron chi connectivity index (χ1n) is 5.65. The predicted molar refractivity (Wildman–Crippen MR) is 62.2 cm³/mol. The first-order chi connectivity index (χ1) is 8.08. The second kappa shape index (κ2) is 7.84. The van der Waals surface area contributed by atoms with E-state index in [1.807, 2.05) is 0 Å². The Morgan fingerprint density at radius 3 is 2.00 bits per heavy atom. The van der Waals surface area contributed by atoms with E-state index in [9.17, 15) is 9.59 Å². The maximum atomic E-state index is 11.9. The molecule has 17 heavy (non-hydrogen) atoms. The normalized spacial score (nSPS) is 10.8. The number of hydrogen-bond acceptors (Lipinski definition) is 5. The lowest BCUT2D eigenvalue weighted by Gasteiger charge is -2.27. The van der Waals surface area contributed by atoms with Crippen molar-refractivity contribution in [3.05, 3.63) is 12.7 Å². The van der Waals surface area contributed by atoms with Gasteiger partial charge in [0.1, 0.15) is 0 Å². The molecule has 0 radical (unpaired) electrons. The quantitative estimate of drug-likeness (QED) is 0.392. The lowest BCUT2D eigenvalue weighted by Crippen LogP contribution is -2.42. The van der Waals surface area contributed by atoms with Crippen molar-refractivity contribution < 1.29 is 24.2 Å². The Kier molecular flexibility index (Phi) is 7.21. The topological polar surface area (TPSA) is 72.8 Å². The molecule has 0 heterocycles. The third-order valence-corrected chi connectivity index (χ3v) is 2.36. The van der Waals surface area contributed by atoms with E-state index in [4.69, 9.17) is 14.6 Å². The molecule has 0 aromatic rings. The number of ether oxygens (including phenoxy) is 2. The van der Waals surface area contributed by atoms with Gasteiger partial charge in [-0.3, -0.25) is 9.59 Å². The summed E-state index contributed by atoms with van der Waals surface area (Å²) in [6, 6.07) is 0. The molecule has 0 atom stereocenters. The van der Waals surface area contributed by atoms with Gasteiger partial charge in [-0.25, -0.2) is 0 Å². The van der Waals surface area contributed by atoms with Crippen LogP contribution in [0.1, 0.15) is 26.7 Å². The van der Waals surface area contributed by atoms with Crippen molar-refractivity contribution in [2.45, 2.75) is 26.7 Å². The lowest BCUT2D eigenvalue weighted by atomic mass is 9.81. The van der Waals surface area contributed by atoms with Crippen molar-refractivity contribution in [3.8, 4) is 0 Å². The van der Waals surface area contributed by atoms with Crippen molar-refractivity contribution in [1.29, 1.82) is 0 Å². The summed E-state index contributed by atoms with van der Waals surface area (Å²) < 4.78 is 9.76. The molecule has 0 aromatic heterocycles. The molecule has 0 aliphatic heterocycles. The number of carbonyl (C=O) groups is 2. The molecule has 5 nitrogen and oxygen atoms in total. The van der Waals surface area contributed by atoms with E-state index in [0.29, 0.717) is 0 Å². The summed E-state index contributed by atoms with van der Waals surface area (Å²) in [6.45, 7) is 6.86. The third kappa shape index (κ3) is 3.85. The highest BCUT2D eigenvalue weighted by atomic mass is 16.6. The van der Waals surface area contributed by atoms with Gasteiger partial charge in [-0.1, -0.05) is 6.08 Å². The Morgan fingerprint density at radius 1 is 1.24 bits per heavy atom. The second-order valence-electron chi connectivity index (χ2n) is 3.49. The molecule has 0 unspecified atom stereocenters. The van der Waals surface area contributed by atoms with E-state index in [1.165, 1.54) is 6.08 Å². The van der Waals surface area contributed by atoms with Gasteiger partial charge < -0.3 is 14.6 Å². The maximum Gasteiger partial charge on any atom is 0.323 e. The van der Waals surface area contributed by atoms with Crippen molar-refractivity contribution >= 4 is 11.9 Å². The lowest BCUT2D eigenvalue weighted by molar-refractivity contribution is -0.173. The van der Waals surface area contributed by atoms with Crippen LogP contribution in [0.15, 0.2) is 12.7 Å². The average molecular weight is 244 g/mol. The fraction of sp³-hybridized carbons (Fsp3) is 0.667. The van der Waals surface area contributed by atoms with E-state index in [2.05, 4.69) is 6.58 Å². The minimum atomic E-state index is -1.47. The largest absolute Gasteiger partial charge is 0.465 e. The second-order valence-corrected chi connectivity index (χ2v) is 3.49. The minimum absolute atomic E-state index is 0.0311. The molecule has 0 fully saturated rings. The summed E-state index contributed by atoms with van der Waals surface area (Å²) in [7, 11) is 0. The molecule has 0 aliphatic rings. The van der Waals surface area contributed by atoms with Crippen molar-refractivity contribution in [2.24, 2.45) is 5.41 Å². The molecule has 5 heteroatoms. The Bertz CT molecular complexity index is 254. The third-order valence-electron chi connectivity index (χ3n) is 2.36. The van der Waals surface area contributed by atoms with Crippen LogP contribution in [0.4, 0.5) is 0 Å². The van der Waals surface area contributed by atoms with Crippen molar-refractivity contribution in [3.63, 3.8) is 0 Å². The van der Waals surface area contributed by atoms with Gasteiger partial charge in [-0.2, -0.15) is 0 Å². The fourth-order valence-electron chi connectivity index (χ4n) is 1.53. The Morgan fingerprint density at radius 2 is 1.71 bits per heavy atom. The first-order valence-corrected chi connectivity index (χ1v) is 5.65. The smallest absolute Gasteiger partial charge is 0.323 e. The van der Waals surface area contributed by atoms with Gasteiger partial charge in [0.15, 0.2) is 5.41 Å². The van der Waals surface area contributed by atoms with Crippen LogP contribution in [0.2, 0.25) is 0 Å². The minimum Gasteiger partial charge on any atom is -0.465 e. The van der Waals surface area contributed by atoms with Gasteiger partial charge >= 0.3 is 11.9 Å². The monoisotopic (exact) mass is 244 g/mol. The highest BCUT2D eigenvalue weighted by Crippen LogP contribution is 2.30. The number of esters is 2. The Labute approximate surface area is 101 Å². The number of rotatable bonds is 8. The summed E-state index contributed by atoms with van der Waals surface area (Å²) in [4.78, 5) is 23.8. The number of allylic oxidation sites excluding steroid dienone is 1. The van der Waals surface area contributed by atoms with Crippen LogP contribution in [0.25, 0.3) is 0 Å².